The zero-order chi connectivity index (χ0) is 18.3. The van der Waals surface area contributed by atoms with Crippen molar-refractivity contribution in [1.82, 2.24) is 9.78 Å². The van der Waals surface area contributed by atoms with Crippen LogP contribution in [0.15, 0.2) is 42.5 Å². The maximum absolute atomic E-state index is 13.2. The predicted molar refractivity (Wildman–Crippen MR) is 99.7 cm³/mol. The van der Waals surface area contributed by atoms with Crippen molar-refractivity contribution < 1.29 is 9.18 Å². The summed E-state index contributed by atoms with van der Waals surface area (Å²) in [7, 11) is 0. The normalized spacial score (nSPS) is 12.9. The Bertz CT molecular complexity index is 995. The van der Waals surface area contributed by atoms with E-state index in [1.165, 1.54) is 12.1 Å². The van der Waals surface area contributed by atoms with Gasteiger partial charge in [0.05, 0.1) is 5.69 Å². The maximum atomic E-state index is 13.2. The topological polar surface area (TPSA) is 46.9 Å². The Balaban J connectivity index is 1.71. The van der Waals surface area contributed by atoms with Gasteiger partial charge in [-0.25, -0.2) is 9.07 Å². The van der Waals surface area contributed by atoms with Gasteiger partial charge in [-0.3, -0.25) is 4.79 Å². The van der Waals surface area contributed by atoms with Crippen LogP contribution in [-0.2, 0) is 12.8 Å². The number of hydrogen-bond acceptors (Lipinski definition) is 2. The van der Waals surface area contributed by atoms with Gasteiger partial charge in [-0.1, -0.05) is 17.7 Å². The summed E-state index contributed by atoms with van der Waals surface area (Å²) < 4.78 is 15.0. The molecule has 1 N–H and O–H groups in total. The van der Waals surface area contributed by atoms with E-state index in [1.807, 2.05) is 13.0 Å². The molecule has 2 aromatic carbocycles. The number of anilines is 1. The molecule has 0 saturated heterocycles. The molecule has 0 radical (unpaired) electrons. The second-order valence-electron chi connectivity index (χ2n) is 6.38. The van der Waals surface area contributed by atoms with Gasteiger partial charge in [0.25, 0.3) is 5.91 Å². The minimum Gasteiger partial charge on any atom is -0.320 e. The third-order valence-corrected chi connectivity index (χ3v) is 5.14. The highest BCUT2D eigenvalue weighted by atomic mass is 35.5. The number of nitrogens with one attached hydrogen (secondary N) is 1. The molecular formula is C20H17ClFN3O. The molecule has 0 saturated carbocycles. The Morgan fingerprint density at radius 1 is 1.19 bits per heavy atom. The summed E-state index contributed by atoms with van der Waals surface area (Å²) in [5.41, 5.74) is 4.64. The quantitative estimate of drug-likeness (QED) is 0.726. The van der Waals surface area contributed by atoms with Crippen LogP contribution in [0.4, 0.5) is 10.1 Å². The van der Waals surface area contributed by atoms with E-state index in [0.717, 1.165) is 41.8 Å². The fraction of sp³-hybridized carbons (Fsp3) is 0.200. The average molecular weight is 370 g/mol. The summed E-state index contributed by atoms with van der Waals surface area (Å²) in [5.74, 6) is -0.554. The molecule has 132 valence electrons. The lowest BCUT2D eigenvalue weighted by molar-refractivity contribution is 0.102. The van der Waals surface area contributed by atoms with E-state index in [9.17, 15) is 9.18 Å². The van der Waals surface area contributed by atoms with Crippen molar-refractivity contribution in [1.29, 1.82) is 0 Å². The molecule has 4 nitrogen and oxygen atoms in total. The Morgan fingerprint density at radius 2 is 1.96 bits per heavy atom. The molecule has 0 spiro atoms. The van der Waals surface area contributed by atoms with E-state index < -0.39 is 0 Å². The molecule has 1 heterocycles. The van der Waals surface area contributed by atoms with Gasteiger partial charge in [-0.2, -0.15) is 5.10 Å². The molecular weight excluding hydrogens is 353 g/mol. The molecule has 6 heteroatoms. The SMILES string of the molecule is Cc1c(Cl)cccc1NC(=O)c1nn(-c2ccc(F)cc2)c2c1CCC2. The third-order valence-electron chi connectivity index (χ3n) is 4.73. The molecule has 0 unspecified atom stereocenters. The highest BCUT2D eigenvalue weighted by Gasteiger charge is 2.27. The number of aromatic nitrogens is 2. The molecule has 4 rings (SSSR count). The summed E-state index contributed by atoms with van der Waals surface area (Å²) in [4.78, 5) is 12.8. The lowest BCUT2D eigenvalue weighted by Gasteiger charge is -2.09. The first-order valence-corrected chi connectivity index (χ1v) is 8.85. The largest absolute Gasteiger partial charge is 0.320 e. The van der Waals surface area contributed by atoms with E-state index >= 15 is 0 Å². The van der Waals surface area contributed by atoms with Crippen LogP contribution in [0.3, 0.4) is 0 Å². The van der Waals surface area contributed by atoms with Crippen molar-refractivity contribution in [2.75, 3.05) is 5.32 Å². The Morgan fingerprint density at radius 3 is 2.73 bits per heavy atom. The fourth-order valence-corrected chi connectivity index (χ4v) is 3.51. The van der Waals surface area contributed by atoms with Crippen LogP contribution in [0.25, 0.3) is 5.69 Å². The number of fused-ring (bicyclic) bond motifs is 1. The van der Waals surface area contributed by atoms with Gasteiger partial charge in [0.1, 0.15) is 5.82 Å². The van der Waals surface area contributed by atoms with Crippen LogP contribution in [0.2, 0.25) is 5.02 Å². The lowest BCUT2D eigenvalue weighted by atomic mass is 10.1. The molecule has 1 amide bonds. The first-order valence-electron chi connectivity index (χ1n) is 8.48. The number of benzene rings is 2. The molecule has 1 aliphatic carbocycles. The van der Waals surface area contributed by atoms with Crippen molar-refractivity contribution in [2.45, 2.75) is 26.2 Å². The van der Waals surface area contributed by atoms with Crippen LogP contribution in [0.1, 0.15) is 33.7 Å². The highest BCUT2D eigenvalue weighted by molar-refractivity contribution is 6.31. The van der Waals surface area contributed by atoms with Crippen LogP contribution in [-0.4, -0.2) is 15.7 Å². The first kappa shape index (κ1) is 16.8. The van der Waals surface area contributed by atoms with Crippen molar-refractivity contribution in [3.8, 4) is 5.69 Å². The van der Waals surface area contributed by atoms with Gasteiger partial charge >= 0.3 is 0 Å². The van der Waals surface area contributed by atoms with E-state index in [1.54, 1.807) is 28.9 Å². The minimum atomic E-state index is -0.299. The number of carbonyl (C=O) groups excluding carboxylic acids is 1. The maximum Gasteiger partial charge on any atom is 0.276 e. The Labute approximate surface area is 155 Å². The zero-order valence-electron chi connectivity index (χ0n) is 14.2. The number of rotatable bonds is 3. The number of amides is 1. The number of nitrogens with zero attached hydrogens (tertiary/aromatic N) is 2. The molecule has 0 fully saturated rings. The molecule has 1 aromatic heterocycles. The summed E-state index contributed by atoms with van der Waals surface area (Å²) in [5, 5.41) is 8.04. The molecule has 3 aromatic rings. The number of carbonyl (C=O) groups is 1. The summed E-state index contributed by atoms with van der Waals surface area (Å²) in [6, 6.07) is 11.5. The fourth-order valence-electron chi connectivity index (χ4n) is 3.34. The van der Waals surface area contributed by atoms with Gasteiger partial charge in [0.15, 0.2) is 5.69 Å². The van der Waals surface area contributed by atoms with E-state index in [0.29, 0.717) is 16.4 Å². The van der Waals surface area contributed by atoms with Crippen LogP contribution in [0, 0.1) is 12.7 Å². The van der Waals surface area contributed by atoms with Crippen LogP contribution < -0.4 is 5.32 Å². The predicted octanol–water partition coefficient (Wildman–Crippen LogP) is 4.71. The molecule has 26 heavy (non-hydrogen) atoms. The summed E-state index contributed by atoms with van der Waals surface area (Å²) in [6.45, 7) is 1.86. The van der Waals surface area contributed by atoms with E-state index in [-0.39, 0.29) is 11.7 Å². The second kappa shape index (κ2) is 6.57. The van der Waals surface area contributed by atoms with Crippen molar-refractivity contribution >= 4 is 23.2 Å². The van der Waals surface area contributed by atoms with Crippen molar-refractivity contribution in [3.63, 3.8) is 0 Å². The molecule has 1 aliphatic rings. The molecule has 0 aliphatic heterocycles. The van der Waals surface area contributed by atoms with Crippen molar-refractivity contribution in [2.24, 2.45) is 0 Å². The minimum absolute atomic E-state index is 0.255. The smallest absolute Gasteiger partial charge is 0.276 e. The van der Waals surface area contributed by atoms with Crippen LogP contribution >= 0.6 is 11.6 Å². The molecule has 0 bridgehead atoms. The monoisotopic (exact) mass is 369 g/mol. The van der Waals surface area contributed by atoms with E-state index in [2.05, 4.69) is 10.4 Å². The standard InChI is InChI=1S/C20H17ClFN3O/c1-12-16(21)5-3-6-17(12)23-20(26)19-15-4-2-7-18(15)25(24-19)14-10-8-13(22)9-11-14/h3,5-6,8-11H,2,4,7H2,1H3,(H,23,26). The molecule has 0 atom stereocenters. The third kappa shape index (κ3) is 2.88. The average Bonchev–Trinajstić information content (AvgIpc) is 3.22. The summed E-state index contributed by atoms with van der Waals surface area (Å²) >= 11 is 6.13. The van der Waals surface area contributed by atoms with E-state index in [4.69, 9.17) is 11.6 Å². The first-order chi connectivity index (χ1) is 12.5. The zero-order valence-corrected chi connectivity index (χ0v) is 15.0. The van der Waals surface area contributed by atoms with Gasteiger partial charge < -0.3 is 5.32 Å². The van der Waals surface area contributed by atoms with Gasteiger partial charge in [0, 0.05) is 22.0 Å². The van der Waals surface area contributed by atoms with Crippen LogP contribution in [0.5, 0.6) is 0 Å². The van der Waals surface area contributed by atoms with Gasteiger partial charge in [-0.05, 0) is 68.1 Å². The second-order valence-corrected chi connectivity index (χ2v) is 6.79. The summed E-state index contributed by atoms with van der Waals surface area (Å²) in [6.07, 6.45) is 2.64. The lowest BCUT2D eigenvalue weighted by Crippen LogP contribution is -2.15. The van der Waals surface area contributed by atoms with Gasteiger partial charge in [0.2, 0.25) is 0 Å². The van der Waals surface area contributed by atoms with Crippen molar-refractivity contribution in [3.05, 3.63) is 75.8 Å². The Hall–Kier alpha value is -2.66. The Kier molecular flexibility index (Phi) is 4.24. The highest BCUT2D eigenvalue weighted by Crippen LogP contribution is 2.29. The number of hydrogen-bond donors (Lipinski definition) is 1. The van der Waals surface area contributed by atoms with Gasteiger partial charge in [-0.15, -0.1) is 0 Å². The number of halogens is 2.